The second-order valence-electron chi connectivity index (χ2n) is 8.34. The molecule has 2 saturated carbocycles. The van der Waals surface area contributed by atoms with E-state index in [-0.39, 0.29) is 29.9 Å². The summed E-state index contributed by atoms with van der Waals surface area (Å²) in [5.74, 6) is 1.25. The van der Waals surface area contributed by atoms with Crippen molar-refractivity contribution in [3.05, 3.63) is 0 Å². The average molecular weight is 491 g/mol. The van der Waals surface area contributed by atoms with Crippen LogP contribution in [0.15, 0.2) is 4.99 Å². The van der Waals surface area contributed by atoms with E-state index in [1.54, 1.807) is 0 Å². The lowest BCUT2D eigenvalue weighted by Gasteiger charge is -2.36. The molecule has 7 heteroatoms. The molecule has 0 aromatic carbocycles. The number of rotatable bonds is 7. The molecule has 0 unspecified atom stereocenters. The van der Waals surface area contributed by atoms with Gasteiger partial charge in [0.2, 0.25) is 5.91 Å². The van der Waals surface area contributed by atoms with Crippen LogP contribution in [0.2, 0.25) is 0 Å². The standard InChI is InChI=1S/C20H37N5O.HI/c1-3-20(9-5-6-10-20)16-22-19(21-4-2)25-13-11-24(12-14-25)15-18(26)23-17-7-8-17;/h17H,3-16H2,1-2H3,(H,21,22)(H,23,26);1H. The summed E-state index contributed by atoms with van der Waals surface area (Å²) in [6.45, 7) is 10.6. The summed E-state index contributed by atoms with van der Waals surface area (Å²) in [6, 6.07) is 0.456. The van der Waals surface area contributed by atoms with Gasteiger partial charge in [0.15, 0.2) is 5.96 Å². The fourth-order valence-electron chi connectivity index (χ4n) is 4.24. The van der Waals surface area contributed by atoms with Crippen molar-refractivity contribution in [2.24, 2.45) is 10.4 Å². The third-order valence-corrected chi connectivity index (χ3v) is 6.29. The van der Waals surface area contributed by atoms with E-state index in [1.165, 1.54) is 32.1 Å². The number of carbonyl (C=O) groups excluding carboxylic acids is 1. The van der Waals surface area contributed by atoms with Gasteiger partial charge in [-0.05, 0) is 44.4 Å². The summed E-state index contributed by atoms with van der Waals surface area (Å²) in [5, 5.41) is 6.57. The van der Waals surface area contributed by atoms with E-state index in [9.17, 15) is 4.79 Å². The molecule has 0 aromatic rings. The van der Waals surface area contributed by atoms with E-state index in [0.29, 0.717) is 18.0 Å². The first-order chi connectivity index (χ1) is 12.6. The fraction of sp³-hybridized carbons (Fsp3) is 0.900. The van der Waals surface area contributed by atoms with Crippen LogP contribution in [0.3, 0.4) is 0 Å². The van der Waals surface area contributed by atoms with E-state index < -0.39 is 0 Å². The lowest BCUT2D eigenvalue weighted by atomic mass is 9.83. The molecule has 1 amide bonds. The molecule has 0 bridgehead atoms. The molecule has 156 valence electrons. The predicted octanol–water partition coefficient (Wildman–Crippen LogP) is 2.44. The van der Waals surface area contributed by atoms with Gasteiger partial charge in [0.05, 0.1) is 6.54 Å². The molecule has 1 saturated heterocycles. The monoisotopic (exact) mass is 491 g/mol. The maximum atomic E-state index is 12.0. The molecular weight excluding hydrogens is 453 g/mol. The van der Waals surface area contributed by atoms with Crippen LogP contribution in [0.1, 0.15) is 58.8 Å². The zero-order chi connectivity index (χ0) is 18.4. The lowest BCUT2D eigenvalue weighted by molar-refractivity contribution is -0.122. The summed E-state index contributed by atoms with van der Waals surface area (Å²) >= 11 is 0. The maximum absolute atomic E-state index is 12.0. The van der Waals surface area contributed by atoms with Crippen molar-refractivity contribution in [2.75, 3.05) is 45.8 Å². The molecule has 3 fully saturated rings. The van der Waals surface area contributed by atoms with Gasteiger partial charge in [0.1, 0.15) is 0 Å². The largest absolute Gasteiger partial charge is 0.357 e. The molecular formula is C20H38IN5O. The Morgan fingerprint density at radius 2 is 1.78 bits per heavy atom. The number of aliphatic imine (C=N–C) groups is 1. The second-order valence-corrected chi connectivity index (χ2v) is 8.34. The number of nitrogens with zero attached hydrogens (tertiary/aromatic N) is 3. The van der Waals surface area contributed by atoms with Crippen molar-refractivity contribution in [1.29, 1.82) is 0 Å². The summed E-state index contributed by atoms with van der Waals surface area (Å²) in [5.41, 5.74) is 0.434. The zero-order valence-corrected chi connectivity index (χ0v) is 19.5. The van der Waals surface area contributed by atoms with Crippen LogP contribution >= 0.6 is 24.0 Å². The van der Waals surface area contributed by atoms with Crippen LogP contribution in [0.5, 0.6) is 0 Å². The van der Waals surface area contributed by atoms with E-state index in [2.05, 4.69) is 34.3 Å². The fourth-order valence-corrected chi connectivity index (χ4v) is 4.24. The quantitative estimate of drug-likeness (QED) is 0.327. The summed E-state index contributed by atoms with van der Waals surface area (Å²) in [7, 11) is 0. The minimum atomic E-state index is 0. The summed E-state index contributed by atoms with van der Waals surface area (Å²) < 4.78 is 0. The van der Waals surface area contributed by atoms with Crippen molar-refractivity contribution >= 4 is 35.8 Å². The number of nitrogens with one attached hydrogen (secondary N) is 2. The van der Waals surface area contributed by atoms with Gasteiger partial charge in [0.25, 0.3) is 0 Å². The van der Waals surface area contributed by atoms with Gasteiger partial charge in [-0.1, -0.05) is 19.8 Å². The van der Waals surface area contributed by atoms with Gasteiger partial charge in [0, 0.05) is 45.3 Å². The maximum Gasteiger partial charge on any atom is 0.234 e. The molecule has 1 aliphatic heterocycles. The topological polar surface area (TPSA) is 60.0 Å². The summed E-state index contributed by atoms with van der Waals surface area (Å²) in [6.07, 6.45) is 8.93. The average Bonchev–Trinajstić information content (AvgIpc) is 3.33. The smallest absolute Gasteiger partial charge is 0.234 e. The Bertz CT molecular complexity index is 495. The predicted molar refractivity (Wildman–Crippen MR) is 122 cm³/mol. The number of halogens is 1. The molecule has 0 atom stereocenters. The Kier molecular flexibility index (Phi) is 9.11. The van der Waals surface area contributed by atoms with Crippen LogP contribution in [-0.2, 0) is 4.79 Å². The molecule has 2 aliphatic carbocycles. The van der Waals surface area contributed by atoms with Gasteiger partial charge in [-0.3, -0.25) is 14.7 Å². The highest BCUT2D eigenvalue weighted by Crippen LogP contribution is 2.41. The first-order valence-corrected chi connectivity index (χ1v) is 10.7. The third kappa shape index (κ3) is 6.76. The van der Waals surface area contributed by atoms with Crippen LogP contribution in [0, 0.1) is 5.41 Å². The molecule has 27 heavy (non-hydrogen) atoms. The van der Waals surface area contributed by atoms with Crippen molar-refractivity contribution in [3.8, 4) is 0 Å². The van der Waals surface area contributed by atoms with E-state index in [1.807, 2.05) is 0 Å². The zero-order valence-electron chi connectivity index (χ0n) is 17.1. The van der Waals surface area contributed by atoms with Crippen LogP contribution < -0.4 is 10.6 Å². The number of piperazine rings is 1. The van der Waals surface area contributed by atoms with E-state index >= 15 is 0 Å². The highest BCUT2D eigenvalue weighted by atomic mass is 127. The van der Waals surface area contributed by atoms with Crippen LogP contribution in [0.25, 0.3) is 0 Å². The van der Waals surface area contributed by atoms with Crippen LogP contribution in [-0.4, -0.2) is 73.5 Å². The Balaban J connectivity index is 0.00000261. The SMILES string of the molecule is CCNC(=NCC1(CC)CCCC1)N1CCN(CC(=O)NC2CC2)CC1.I. The van der Waals surface area contributed by atoms with Gasteiger partial charge >= 0.3 is 0 Å². The second kappa shape index (κ2) is 10.8. The van der Waals surface area contributed by atoms with Crippen molar-refractivity contribution in [1.82, 2.24) is 20.4 Å². The van der Waals surface area contributed by atoms with Crippen molar-refractivity contribution in [3.63, 3.8) is 0 Å². The van der Waals surface area contributed by atoms with E-state index in [0.717, 1.165) is 58.1 Å². The number of amides is 1. The molecule has 6 nitrogen and oxygen atoms in total. The highest BCUT2D eigenvalue weighted by molar-refractivity contribution is 14.0. The third-order valence-electron chi connectivity index (χ3n) is 6.29. The molecule has 0 spiro atoms. The van der Waals surface area contributed by atoms with Crippen molar-refractivity contribution in [2.45, 2.75) is 64.8 Å². The van der Waals surface area contributed by atoms with Gasteiger partial charge < -0.3 is 15.5 Å². The first-order valence-electron chi connectivity index (χ1n) is 10.7. The van der Waals surface area contributed by atoms with Gasteiger partial charge in [-0.15, -0.1) is 24.0 Å². The number of hydrogen-bond donors (Lipinski definition) is 2. The number of guanidine groups is 1. The molecule has 3 aliphatic rings. The first kappa shape index (κ1) is 22.7. The Hall–Kier alpha value is -0.570. The van der Waals surface area contributed by atoms with E-state index in [4.69, 9.17) is 4.99 Å². The molecule has 0 aromatic heterocycles. The Labute approximate surface area is 181 Å². The Morgan fingerprint density at radius 3 is 2.33 bits per heavy atom. The minimum Gasteiger partial charge on any atom is -0.357 e. The Morgan fingerprint density at radius 1 is 1.11 bits per heavy atom. The van der Waals surface area contributed by atoms with Crippen LogP contribution in [0.4, 0.5) is 0 Å². The number of carbonyl (C=O) groups is 1. The minimum absolute atomic E-state index is 0. The molecule has 2 N–H and O–H groups in total. The molecule has 3 rings (SSSR count). The normalized spacial score (nSPS) is 23.0. The molecule has 0 radical (unpaired) electrons. The van der Waals surface area contributed by atoms with Crippen molar-refractivity contribution < 1.29 is 4.79 Å². The highest BCUT2D eigenvalue weighted by Gasteiger charge is 2.32. The number of hydrogen-bond acceptors (Lipinski definition) is 3. The van der Waals surface area contributed by atoms with Gasteiger partial charge in [-0.2, -0.15) is 0 Å². The lowest BCUT2D eigenvalue weighted by Crippen LogP contribution is -2.54. The van der Waals surface area contributed by atoms with Gasteiger partial charge in [-0.25, -0.2) is 0 Å². The molecule has 1 heterocycles. The summed E-state index contributed by atoms with van der Waals surface area (Å²) in [4.78, 5) is 21.7.